The second-order valence-electron chi connectivity index (χ2n) is 2.56. The van der Waals surface area contributed by atoms with Crippen LogP contribution in [0.25, 0.3) is 0 Å². The van der Waals surface area contributed by atoms with Gasteiger partial charge < -0.3 is 5.32 Å². The Labute approximate surface area is 81.0 Å². The van der Waals surface area contributed by atoms with Crippen LogP contribution in [0.5, 0.6) is 0 Å². The van der Waals surface area contributed by atoms with Crippen molar-refractivity contribution in [3.8, 4) is 6.07 Å². The lowest BCUT2D eigenvalue weighted by Gasteiger charge is -2.04. The lowest BCUT2D eigenvalue weighted by atomic mass is 10.1. The Morgan fingerprint density at radius 3 is 3.08 bits per heavy atom. The molecule has 0 aliphatic rings. The number of rotatable bonds is 3. The molecule has 0 saturated carbocycles. The van der Waals surface area contributed by atoms with Crippen molar-refractivity contribution in [3.63, 3.8) is 0 Å². The van der Waals surface area contributed by atoms with Gasteiger partial charge in [0, 0.05) is 0 Å². The monoisotopic (exact) mass is 194 g/mol. The lowest BCUT2D eigenvalue weighted by molar-refractivity contribution is -0.118. The molecule has 1 atom stereocenters. The normalized spacial score (nSPS) is 11.7. The van der Waals surface area contributed by atoms with E-state index in [-0.39, 0.29) is 5.91 Å². The van der Waals surface area contributed by atoms with Crippen LogP contribution in [0.2, 0.25) is 0 Å². The van der Waals surface area contributed by atoms with Crippen LogP contribution in [-0.2, 0) is 4.79 Å². The number of amides is 1. The molecule has 1 unspecified atom stereocenters. The summed E-state index contributed by atoms with van der Waals surface area (Å²) in [7, 11) is 0. The van der Waals surface area contributed by atoms with E-state index in [0.29, 0.717) is 6.42 Å². The Morgan fingerprint density at radius 2 is 2.62 bits per heavy atom. The van der Waals surface area contributed by atoms with Gasteiger partial charge in [0.1, 0.15) is 5.92 Å². The van der Waals surface area contributed by atoms with E-state index in [4.69, 9.17) is 5.26 Å². The average molecular weight is 194 g/mol. The quantitative estimate of drug-likeness (QED) is 0.802. The standard InChI is InChI=1S/C9H10N2OS/c1-2-7(6-10)9(12)11-8-4-3-5-13-8/h3-5,7H,2H2,1H3,(H,11,12). The number of nitrogens with one attached hydrogen (secondary N) is 1. The molecule has 0 bridgehead atoms. The Hall–Kier alpha value is -1.34. The average Bonchev–Trinajstić information content (AvgIpc) is 2.59. The first-order valence-electron chi connectivity index (χ1n) is 4.02. The molecule has 1 aromatic heterocycles. The van der Waals surface area contributed by atoms with Crippen LogP contribution < -0.4 is 5.32 Å². The summed E-state index contributed by atoms with van der Waals surface area (Å²) in [6.45, 7) is 1.82. The number of nitrogens with zero attached hydrogens (tertiary/aromatic N) is 1. The van der Waals surface area contributed by atoms with Crippen molar-refractivity contribution in [1.29, 1.82) is 5.26 Å². The minimum Gasteiger partial charge on any atom is -0.317 e. The van der Waals surface area contributed by atoms with Crippen molar-refractivity contribution in [3.05, 3.63) is 17.5 Å². The van der Waals surface area contributed by atoms with Crippen LogP contribution >= 0.6 is 11.3 Å². The highest BCUT2D eigenvalue weighted by molar-refractivity contribution is 7.14. The van der Waals surface area contributed by atoms with Gasteiger partial charge in [-0.2, -0.15) is 5.26 Å². The molecule has 0 aliphatic heterocycles. The largest absolute Gasteiger partial charge is 0.317 e. The molecule has 0 aliphatic carbocycles. The molecule has 0 saturated heterocycles. The first kappa shape index (κ1) is 9.75. The molecule has 0 aromatic carbocycles. The Morgan fingerprint density at radius 1 is 1.85 bits per heavy atom. The first-order valence-corrected chi connectivity index (χ1v) is 4.90. The summed E-state index contributed by atoms with van der Waals surface area (Å²) in [6.07, 6.45) is 0.549. The van der Waals surface area contributed by atoms with E-state index in [2.05, 4.69) is 5.32 Å². The molecule has 0 radical (unpaired) electrons. The van der Waals surface area contributed by atoms with Crippen LogP contribution in [0.1, 0.15) is 13.3 Å². The Kier molecular flexibility index (Phi) is 3.47. The zero-order valence-corrected chi connectivity index (χ0v) is 8.10. The summed E-state index contributed by atoms with van der Waals surface area (Å²) in [5.74, 6) is -0.755. The van der Waals surface area contributed by atoms with Crippen molar-refractivity contribution < 1.29 is 4.79 Å². The molecule has 1 rings (SSSR count). The predicted molar refractivity (Wildman–Crippen MR) is 52.3 cm³/mol. The molecule has 1 N–H and O–H groups in total. The molecule has 68 valence electrons. The number of carbonyl (C=O) groups excluding carboxylic acids is 1. The van der Waals surface area contributed by atoms with Crippen molar-refractivity contribution in [1.82, 2.24) is 0 Å². The van der Waals surface area contributed by atoms with Crippen molar-refractivity contribution in [2.75, 3.05) is 5.32 Å². The van der Waals surface area contributed by atoms with Crippen molar-refractivity contribution >= 4 is 22.2 Å². The first-order chi connectivity index (χ1) is 6.27. The second kappa shape index (κ2) is 4.63. The van der Waals surface area contributed by atoms with Crippen LogP contribution in [-0.4, -0.2) is 5.91 Å². The Bertz CT molecular complexity index is 313. The maximum Gasteiger partial charge on any atom is 0.242 e. The smallest absolute Gasteiger partial charge is 0.242 e. The molecular weight excluding hydrogens is 184 g/mol. The molecule has 1 amide bonds. The highest BCUT2D eigenvalue weighted by atomic mass is 32.1. The highest BCUT2D eigenvalue weighted by Gasteiger charge is 2.15. The van der Waals surface area contributed by atoms with Gasteiger partial charge in [0.2, 0.25) is 5.91 Å². The van der Waals surface area contributed by atoms with Gasteiger partial charge in [-0.1, -0.05) is 6.92 Å². The van der Waals surface area contributed by atoms with Gasteiger partial charge >= 0.3 is 0 Å². The highest BCUT2D eigenvalue weighted by Crippen LogP contribution is 2.16. The summed E-state index contributed by atoms with van der Waals surface area (Å²) in [5.41, 5.74) is 0. The van der Waals surface area contributed by atoms with E-state index in [1.165, 1.54) is 11.3 Å². The lowest BCUT2D eigenvalue weighted by Crippen LogP contribution is -2.20. The van der Waals surface area contributed by atoms with Gasteiger partial charge in [0.15, 0.2) is 0 Å². The zero-order valence-electron chi connectivity index (χ0n) is 7.28. The summed E-state index contributed by atoms with van der Waals surface area (Å²) in [6, 6.07) is 5.62. The van der Waals surface area contributed by atoms with Gasteiger partial charge in [0.05, 0.1) is 11.1 Å². The molecule has 0 fully saturated rings. The Balaban J connectivity index is 2.56. The van der Waals surface area contributed by atoms with Crippen molar-refractivity contribution in [2.24, 2.45) is 5.92 Å². The van der Waals surface area contributed by atoms with E-state index in [1.54, 1.807) is 0 Å². The SMILES string of the molecule is CCC(C#N)C(=O)Nc1cccs1. The molecular formula is C9H10N2OS. The molecule has 1 heterocycles. The van der Waals surface area contributed by atoms with E-state index >= 15 is 0 Å². The van der Waals surface area contributed by atoms with Crippen molar-refractivity contribution in [2.45, 2.75) is 13.3 Å². The fourth-order valence-corrected chi connectivity index (χ4v) is 1.51. The van der Waals surface area contributed by atoms with Crippen LogP contribution in [0.3, 0.4) is 0 Å². The summed E-state index contributed by atoms with van der Waals surface area (Å²) in [5, 5.41) is 14.0. The van der Waals surface area contributed by atoms with Gasteiger partial charge in [-0.15, -0.1) is 11.3 Å². The second-order valence-corrected chi connectivity index (χ2v) is 3.50. The van der Waals surface area contributed by atoms with E-state index in [0.717, 1.165) is 5.00 Å². The number of thiophene rings is 1. The fraction of sp³-hybridized carbons (Fsp3) is 0.333. The maximum atomic E-state index is 11.3. The van der Waals surface area contributed by atoms with Gasteiger partial charge in [-0.05, 0) is 23.9 Å². The molecule has 1 aromatic rings. The van der Waals surface area contributed by atoms with E-state index in [9.17, 15) is 4.79 Å². The summed E-state index contributed by atoms with van der Waals surface area (Å²) < 4.78 is 0. The third kappa shape index (κ3) is 2.56. The minimum absolute atomic E-state index is 0.215. The number of anilines is 1. The van der Waals surface area contributed by atoms with Gasteiger partial charge in [-0.25, -0.2) is 0 Å². The van der Waals surface area contributed by atoms with Crippen LogP contribution in [0.15, 0.2) is 17.5 Å². The molecule has 3 nitrogen and oxygen atoms in total. The third-order valence-electron chi connectivity index (χ3n) is 1.65. The van der Waals surface area contributed by atoms with Gasteiger partial charge in [0.25, 0.3) is 0 Å². The van der Waals surface area contributed by atoms with Gasteiger partial charge in [-0.3, -0.25) is 4.79 Å². The number of nitriles is 1. The van der Waals surface area contributed by atoms with E-state index in [1.807, 2.05) is 30.5 Å². The number of hydrogen-bond donors (Lipinski definition) is 1. The molecule has 0 spiro atoms. The van der Waals surface area contributed by atoms with E-state index < -0.39 is 5.92 Å². The zero-order chi connectivity index (χ0) is 9.68. The summed E-state index contributed by atoms with van der Waals surface area (Å²) >= 11 is 1.45. The molecule has 13 heavy (non-hydrogen) atoms. The number of hydrogen-bond acceptors (Lipinski definition) is 3. The predicted octanol–water partition coefficient (Wildman–Crippen LogP) is 2.24. The topological polar surface area (TPSA) is 52.9 Å². The fourth-order valence-electron chi connectivity index (χ4n) is 0.894. The maximum absolute atomic E-state index is 11.3. The third-order valence-corrected chi connectivity index (χ3v) is 2.43. The minimum atomic E-state index is -0.540. The summed E-state index contributed by atoms with van der Waals surface area (Å²) in [4.78, 5) is 11.3. The molecule has 4 heteroatoms. The van der Waals surface area contributed by atoms with Crippen LogP contribution in [0, 0.1) is 17.2 Å². The van der Waals surface area contributed by atoms with Crippen LogP contribution in [0.4, 0.5) is 5.00 Å². The number of carbonyl (C=O) groups is 1.